The summed E-state index contributed by atoms with van der Waals surface area (Å²) < 4.78 is 7.43. The lowest BCUT2D eigenvalue weighted by molar-refractivity contribution is 0.299. The number of hydrogen-bond acceptors (Lipinski definition) is 5. The molecule has 3 rings (SSSR count). The molecule has 5 nitrogen and oxygen atoms in total. The number of ether oxygens (including phenoxy) is 1. The highest BCUT2D eigenvalue weighted by Crippen LogP contribution is 2.24. The Bertz CT molecular complexity index is 1200. The van der Waals surface area contributed by atoms with Gasteiger partial charge in [-0.15, -0.1) is 10.2 Å². The van der Waals surface area contributed by atoms with Crippen LogP contribution in [0, 0.1) is 6.92 Å². The summed E-state index contributed by atoms with van der Waals surface area (Å²) in [6, 6.07) is 18.3. The van der Waals surface area contributed by atoms with Crippen LogP contribution in [0.15, 0.2) is 108 Å². The van der Waals surface area contributed by atoms with Gasteiger partial charge in [-0.3, -0.25) is 0 Å². The number of hydrogen-bond donors (Lipinski definition) is 1. The maximum Gasteiger partial charge on any atom is 0.191 e. The molecule has 1 heterocycles. The maximum absolute atomic E-state index is 6.03. The molecule has 7 heteroatoms. The van der Waals surface area contributed by atoms with E-state index < -0.39 is 0 Å². The van der Waals surface area contributed by atoms with E-state index in [-0.39, 0.29) is 0 Å². The number of nitrogens with one attached hydrogen (secondary N) is 1. The van der Waals surface area contributed by atoms with Gasteiger partial charge in [-0.1, -0.05) is 98.1 Å². The lowest BCUT2D eigenvalue weighted by atomic mass is 10.1. The van der Waals surface area contributed by atoms with Gasteiger partial charge in [0, 0.05) is 28.6 Å². The molecule has 0 radical (unpaired) electrons. The van der Waals surface area contributed by atoms with Crippen molar-refractivity contribution >= 4 is 23.4 Å². The largest absolute Gasteiger partial charge is 0.496 e. The van der Waals surface area contributed by atoms with Gasteiger partial charge in [-0.25, -0.2) is 0 Å². The zero-order valence-electron chi connectivity index (χ0n) is 22.2. The van der Waals surface area contributed by atoms with Crippen LogP contribution >= 0.6 is 23.4 Å². The van der Waals surface area contributed by atoms with Crippen LogP contribution in [-0.2, 0) is 17.0 Å². The number of nitrogens with zero attached hydrogens (tertiary/aromatic N) is 3. The molecule has 0 spiro atoms. The van der Waals surface area contributed by atoms with Gasteiger partial charge >= 0.3 is 0 Å². The van der Waals surface area contributed by atoms with Crippen molar-refractivity contribution in [3.63, 3.8) is 0 Å². The Kier molecular flexibility index (Phi) is 13.4. The fourth-order valence-corrected chi connectivity index (χ4v) is 4.50. The molecule has 196 valence electrons. The van der Waals surface area contributed by atoms with E-state index in [0.29, 0.717) is 0 Å². The lowest BCUT2D eigenvalue weighted by Crippen LogP contribution is -2.15. The van der Waals surface area contributed by atoms with Crippen LogP contribution in [0.3, 0.4) is 0 Å². The first-order valence-electron chi connectivity index (χ1n) is 12.1. The smallest absolute Gasteiger partial charge is 0.191 e. The highest BCUT2D eigenvalue weighted by atomic mass is 35.5. The van der Waals surface area contributed by atoms with Crippen molar-refractivity contribution in [3.05, 3.63) is 125 Å². The molecule has 2 aromatic carbocycles. The molecule has 0 saturated carbocycles. The van der Waals surface area contributed by atoms with E-state index in [4.69, 9.17) is 16.3 Å². The number of methoxy groups -OCH3 is 1. The predicted molar refractivity (Wildman–Crippen MR) is 158 cm³/mol. The lowest BCUT2D eigenvalue weighted by Gasteiger charge is -2.12. The van der Waals surface area contributed by atoms with E-state index in [1.54, 1.807) is 24.9 Å². The second kappa shape index (κ2) is 16.5. The number of benzene rings is 2. The number of rotatable bonds is 12. The summed E-state index contributed by atoms with van der Waals surface area (Å²) in [5.41, 5.74) is 4.51. The molecular weight excluding hydrogens is 500 g/mol. The topological polar surface area (TPSA) is 52.0 Å². The normalized spacial score (nSPS) is 11.4. The van der Waals surface area contributed by atoms with Crippen molar-refractivity contribution in [2.24, 2.45) is 0 Å². The molecule has 0 saturated heterocycles. The SMILES string of the molecule is C=C/C=C(OC)\C(=C/CC)CNC(=C)C.Cc1nnc(SCc2cccc(Cl)c2)n1Cc1ccccc1. The standard InChI is InChI=1S/C17H16ClN3S.C13H21NO/c1-13-19-20-17(21(13)11-14-6-3-2-4-7-14)22-12-15-8-5-9-16(18)10-15;1-6-8-12(10-14-11(3)4)13(15-5)9-7-2/h2-10H,11-12H2,1H3;7-9,14H,2-3,6,10H2,1,4-5H3/b;12-8-,13-9+. The van der Waals surface area contributed by atoms with E-state index in [1.165, 1.54) is 11.1 Å². The zero-order chi connectivity index (χ0) is 27.0. The van der Waals surface area contributed by atoms with Gasteiger partial charge in [0.15, 0.2) is 5.16 Å². The molecule has 0 aliphatic heterocycles. The zero-order valence-corrected chi connectivity index (χ0v) is 23.8. The molecule has 0 aliphatic carbocycles. The van der Waals surface area contributed by atoms with Gasteiger partial charge in [0.25, 0.3) is 0 Å². The molecule has 0 amide bonds. The minimum atomic E-state index is 0.733. The van der Waals surface area contributed by atoms with Crippen LogP contribution in [0.5, 0.6) is 0 Å². The number of aromatic nitrogens is 3. The van der Waals surface area contributed by atoms with Gasteiger partial charge in [0.2, 0.25) is 0 Å². The number of thioether (sulfide) groups is 1. The first kappa shape index (κ1) is 30.0. The quantitative estimate of drug-likeness (QED) is 0.146. The number of allylic oxidation sites excluding steroid dienone is 4. The van der Waals surface area contributed by atoms with Crippen LogP contribution in [-0.4, -0.2) is 28.4 Å². The highest BCUT2D eigenvalue weighted by molar-refractivity contribution is 7.98. The van der Waals surface area contributed by atoms with E-state index in [9.17, 15) is 0 Å². The van der Waals surface area contributed by atoms with Crippen molar-refractivity contribution < 1.29 is 4.74 Å². The third-order valence-corrected chi connectivity index (χ3v) is 6.45. The van der Waals surface area contributed by atoms with E-state index >= 15 is 0 Å². The summed E-state index contributed by atoms with van der Waals surface area (Å²) in [7, 11) is 1.67. The Balaban J connectivity index is 0.000000283. The molecule has 37 heavy (non-hydrogen) atoms. The van der Waals surface area contributed by atoms with Crippen LogP contribution < -0.4 is 5.32 Å². The Morgan fingerprint density at radius 2 is 1.86 bits per heavy atom. The molecular formula is C30H37ClN4OS. The third kappa shape index (κ3) is 10.7. The summed E-state index contributed by atoms with van der Waals surface area (Å²) in [6.45, 7) is 15.0. The second-order valence-electron chi connectivity index (χ2n) is 8.26. The molecule has 1 aromatic heterocycles. The Morgan fingerprint density at radius 3 is 2.49 bits per heavy atom. The summed E-state index contributed by atoms with van der Waals surface area (Å²) in [6.07, 6.45) is 6.70. The minimum Gasteiger partial charge on any atom is -0.496 e. The first-order valence-corrected chi connectivity index (χ1v) is 13.5. The summed E-state index contributed by atoms with van der Waals surface area (Å²) in [5, 5.41) is 13.4. The Labute approximate surface area is 231 Å². The van der Waals surface area contributed by atoms with Gasteiger partial charge in [-0.2, -0.15) is 0 Å². The number of aryl methyl sites for hydroxylation is 1. The van der Waals surface area contributed by atoms with Crippen molar-refractivity contribution in [3.8, 4) is 0 Å². The fraction of sp³-hybridized carbons (Fsp3) is 0.267. The average molecular weight is 537 g/mol. The van der Waals surface area contributed by atoms with Crippen LogP contribution in [0.1, 0.15) is 37.2 Å². The summed E-state index contributed by atoms with van der Waals surface area (Å²) >= 11 is 7.71. The van der Waals surface area contributed by atoms with E-state index in [2.05, 4.69) is 64.4 Å². The first-order chi connectivity index (χ1) is 17.9. The highest BCUT2D eigenvalue weighted by Gasteiger charge is 2.10. The number of halogens is 1. The van der Waals surface area contributed by atoms with Gasteiger partial charge in [-0.05, 0) is 49.6 Å². The van der Waals surface area contributed by atoms with Crippen LogP contribution in [0.2, 0.25) is 5.02 Å². The predicted octanol–water partition coefficient (Wildman–Crippen LogP) is 7.74. The Morgan fingerprint density at radius 1 is 1.14 bits per heavy atom. The van der Waals surface area contributed by atoms with E-state index in [0.717, 1.165) is 58.3 Å². The molecule has 3 aromatic rings. The van der Waals surface area contributed by atoms with Crippen LogP contribution in [0.25, 0.3) is 0 Å². The van der Waals surface area contributed by atoms with Crippen molar-refractivity contribution in [1.82, 2.24) is 20.1 Å². The minimum absolute atomic E-state index is 0.733. The summed E-state index contributed by atoms with van der Waals surface area (Å²) in [4.78, 5) is 0. The van der Waals surface area contributed by atoms with Crippen molar-refractivity contribution in [1.29, 1.82) is 0 Å². The van der Waals surface area contributed by atoms with E-state index in [1.807, 2.05) is 56.3 Å². The molecule has 0 atom stereocenters. The molecule has 0 unspecified atom stereocenters. The van der Waals surface area contributed by atoms with Crippen molar-refractivity contribution in [2.45, 2.75) is 44.6 Å². The second-order valence-corrected chi connectivity index (χ2v) is 9.64. The fourth-order valence-electron chi connectivity index (χ4n) is 3.36. The van der Waals surface area contributed by atoms with Crippen LogP contribution in [0.4, 0.5) is 0 Å². The maximum atomic E-state index is 6.03. The van der Waals surface area contributed by atoms with Gasteiger partial charge < -0.3 is 14.6 Å². The molecule has 0 fully saturated rings. The molecule has 0 bridgehead atoms. The molecule has 1 N–H and O–H groups in total. The van der Waals surface area contributed by atoms with Gasteiger partial charge in [0.1, 0.15) is 11.6 Å². The Hall–Kier alpha value is -3.22. The molecule has 0 aliphatic rings. The average Bonchev–Trinajstić information content (AvgIpc) is 3.24. The third-order valence-electron chi connectivity index (χ3n) is 5.18. The monoisotopic (exact) mass is 536 g/mol. The van der Waals surface area contributed by atoms with Crippen molar-refractivity contribution in [2.75, 3.05) is 13.7 Å². The summed E-state index contributed by atoms with van der Waals surface area (Å²) in [5.74, 6) is 2.60. The van der Waals surface area contributed by atoms with Gasteiger partial charge in [0.05, 0.1) is 13.7 Å².